The SMILES string of the molecule is NC(=O)N1C(=O)[C@H]2[C@H](CC=C3[C@H]2C[C@H]2C(=O)N(Nc4ncc(C(F)(F)F)cc4Cl)C(=O)[C@@]2(c2ccc(Cl)cc2)[C@H]3c2cc(Cl)ccc2O)C1=O. The van der Waals surface area contributed by atoms with Gasteiger partial charge in [-0.3, -0.25) is 24.6 Å². The van der Waals surface area contributed by atoms with Gasteiger partial charge in [-0.15, -0.1) is 0 Å². The second kappa shape index (κ2) is 11.7. The van der Waals surface area contributed by atoms with E-state index in [1.54, 1.807) is 6.08 Å². The Morgan fingerprint density at radius 3 is 2.28 bits per heavy atom. The van der Waals surface area contributed by atoms with Crippen molar-refractivity contribution in [1.29, 1.82) is 0 Å². The first-order chi connectivity index (χ1) is 23.6. The van der Waals surface area contributed by atoms with Gasteiger partial charge < -0.3 is 10.8 Å². The van der Waals surface area contributed by atoms with Gasteiger partial charge in [-0.25, -0.2) is 9.78 Å². The number of likely N-dealkylation sites (tertiary alicyclic amines) is 1. The second-order valence-corrected chi connectivity index (χ2v) is 13.8. The minimum absolute atomic E-state index is 0.0285. The molecule has 0 spiro atoms. The minimum atomic E-state index is -4.78. The average Bonchev–Trinajstić information content (AvgIpc) is 3.44. The first kappa shape index (κ1) is 33.8. The molecule has 1 aromatic heterocycles. The number of alkyl halides is 3. The number of hydrogen-bond donors (Lipinski definition) is 3. The van der Waals surface area contributed by atoms with E-state index in [-0.39, 0.29) is 34.7 Å². The Bertz CT molecular complexity index is 2060. The molecule has 0 unspecified atom stereocenters. The number of nitrogens with zero attached hydrogens (tertiary/aromatic N) is 3. The van der Waals surface area contributed by atoms with E-state index in [9.17, 15) is 37.5 Å². The number of halogens is 6. The molecule has 258 valence electrons. The van der Waals surface area contributed by atoms with Gasteiger partial charge in [-0.1, -0.05) is 58.6 Å². The molecule has 17 heteroatoms. The number of anilines is 1. The van der Waals surface area contributed by atoms with Gasteiger partial charge in [-0.05, 0) is 60.7 Å². The fourth-order valence-electron chi connectivity index (χ4n) is 8.10. The highest BCUT2D eigenvalue weighted by Crippen LogP contribution is 2.65. The van der Waals surface area contributed by atoms with Gasteiger partial charge in [0.05, 0.1) is 33.8 Å². The van der Waals surface area contributed by atoms with Crippen molar-refractivity contribution >= 4 is 70.3 Å². The summed E-state index contributed by atoms with van der Waals surface area (Å²) >= 11 is 18.8. The molecule has 6 amide bonds. The van der Waals surface area contributed by atoms with Crippen molar-refractivity contribution in [2.24, 2.45) is 29.4 Å². The first-order valence-electron chi connectivity index (χ1n) is 15.1. The third kappa shape index (κ3) is 4.87. The van der Waals surface area contributed by atoms with Gasteiger partial charge >= 0.3 is 12.2 Å². The van der Waals surface area contributed by atoms with E-state index >= 15 is 4.79 Å². The summed E-state index contributed by atoms with van der Waals surface area (Å²) in [6, 6.07) is 9.54. The number of benzene rings is 2. The number of hydrazine groups is 1. The van der Waals surface area contributed by atoms with E-state index in [2.05, 4.69) is 10.4 Å². The molecule has 3 heterocycles. The largest absolute Gasteiger partial charge is 0.508 e. The van der Waals surface area contributed by atoms with Gasteiger partial charge in [0.15, 0.2) is 5.82 Å². The predicted octanol–water partition coefficient (Wildman–Crippen LogP) is 5.83. The number of carbonyl (C=O) groups excluding carboxylic acids is 5. The molecule has 7 rings (SSSR count). The van der Waals surface area contributed by atoms with Crippen molar-refractivity contribution in [3.8, 4) is 5.75 Å². The maximum absolute atomic E-state index is 15.1. The van der Waals surface area contributed by atoms with Gasteiger partial charge in [0.25, 0.3) is 11.8 Å². The fraction of sp³-hybridized carbons (Fsp3) is 0.273. The second-order valence-electron chi connectivity index (χ2n) is 12.5. The van der Waals surface area contributed by atoms with Crippen molar-refractivity contribution in [2.75, 3.05) is 5.43 Å². The number of phenolic OH excluding ortho intramolecular Hbond substituents is 1. The molecule has 50 heavy (non-hydrogen) atoms. The predicted molar refractivity (Wildman–Crippen MR) is 171 cm³/mol. The van der Waals surface area contributed by atoms with Crippen LogP contribution in [0.15, 0.2) is 66.4 Å². The lowest BCUT2D eigenvalue weighted by molar-refractivity contribution is -0.140. The van der Waals surface area contributed by atoms with Crippen LogP contribution in [-0.2, 0) is 30.8 Å². The highest BCUT2D eigenvalue weighted by molar-refractivity contribution is 6.33. The molecule has 4 N–H and O–H groups in total. The molecule has 4 aliphatic rings. The van der Waals surface area contributed by atoms with Crippen LogP contribution in [0.25, 0.3) is 0 Å². The van der Waals surface area contributed by atoms with E-state index in [0.29, 0.717) is 32.8 Å². The molecular weight excluding hydrogens is 726 g/mol. The number of nitrogens with two attached hydrogens (primary N) is 1. The summed E-state index contributed by atoms with van der Waals surface area (Å²) in [4.78, 5) is 72.9. The molecule has 1 saturated carbocycles. The van der Waals surface area contributed by atoms with E-state index < -0.39 is 87.2 Å². The van der Waals surface area contributed by atoms with E-state index in [1.165, 1.54) is 42.5 Å². The molecule has 2 saturated heterocycles. The third-order valence-electron chi connectivity index (χ3n) is 10.1. The number of aromatic hydroxyl groups is 1. The molecule has 0 bridgehead atoms. The number of primary amides is 1. The van der Waals surface area contributed by atoms with Gasteiger partial charge in [0.2, 0.25) is 11.8 Å². The molecule has 3 aromatic rings. The van der Waals surface area contributed by atoms with Crippen molar-refractivity contribution in [1.82, 2.24) is 14.9 Å². The van der Waals surface area contributed by atoms with Crippen LogP contribution in [0.5, 0.6) is 5.75 Å². The highest BCUT2D eigenvalue weighted by Gasteiger charge is 2.71. The molecule has 0 radical (unpaired) electrons. The summed E-state index contributed by atoms with van der Waals surface area (Å²) in [7, 11) is 0. The molecule has 6 atom stereocenters. The van der Waals surface area contributed by atoms with E-state index in [1.807, 2.05) is 0 Å². The number of nitrogens with one attached hydrogen (secondary N) is 1. The number of phenols is 1. The maximum Gasteiger partial charge on any atom is 0.417 e. The van der Waals surface area contributed by atoms with Crippen molar-refractivity contribution in [2.45, 2.75) is 30.4 Å². The Hall–Kier alpha value is -4.66. The monoisotopic (exact) mass is 747 g/mol. The molecule has 3 fully saturated rings. The first-order valence-corrected chi connectivity index (χ1v) is 16.2. The van der Waals surface area contributed by atoms with Crippen LogP contribution in [0.2, 0.25) is 15.1 Å². The number of allylic oxidation sites excluding steroid dienone is 2. The van der Waals surface area contributed by atoms with Gasteiger partial charge in [-0.2, -0.15) is 23.1 Å². The number of hydrogen-bond acceptors (Lipinski definition) is 8. The number of urea groups is 1. The van der Waals surface area contributed by atoms with Crippen LogP contribution in [0.4, 0.5) is 23.8 Å². The lowest BCUT2D eigenvalue weighted by atomic mass is 9.49. The third-order valence-corrected chi connectivity index (χ3v) is 10.9. The summed E-state index contributed by atoms with van der Waals surface area (Å²) in [5.74, 6) is -9.71. The topological polar surface area (TPSA) is 163 Å². The zero-order chi connectivity index (χ0) is 36.0. The minimum Gasteiger partial charge on any atom is -0.508 e. The van der Waals surface area contributed by atoms with Crippen molar-refractivity contribution in [3.63, 3.8) is 0 Å². The molecule has 2 aromatic carbocycles. The van der Waals surface area contributed by atoms with E-state index in [0.717, 1.165) is 0 Å². The number of carbonyl (C=O) groups is 5. The van der Waals surface area contributed by atoms with Crippen LogP contribution in [-0.4, -0.2) is 49.7 Å². The normalized spacial score (nSPS) is 27.6. The standard InChI is InChI=1S/C33H23Cl3F3N5O6/c34-15-3-1-13(2-4-15)32-21(28(47)44(30(32)49)42-26-22(36)9-14(12-41-26)33(37,38)39)11-19-17(25(32)20-10-16(35)5-8-23(20)45)6-7-18-24(19)29(48)43(27(18)46)31(40)50/h1-6,8-10,12,18-19,21,24-25,45H,7,11H2,(H2,40,50)(H,41,42)/t18-,19+,21-,24-,25+,32+/m0/s1. The summed E-state index contributed by atoms with van der Waals surface area (Å²) in [5, 5.41) is 11.9. The lowest BCUT2D eigenvalue weighted by Crippen LogP contribution is -2.53. The van der Waals surface area contributed by atoms with Gasteiger partial charge in [0.1, 0.15) is 5.75 Å². The number of rotatable bonds is 4. The number of imide groups is 4. The molecule has 2 aliphatic heterocycles. The van der Waals surface area contributed by atoms with Crippen molar-refractivity contribution < 1.29 is 42.3 Å². The van der Waals surface area contributed by atoms with E-state index in [4.69, 9.17) is 40.5 Å². The lowest BCUT2D eigenvalue weighted by Gasteiger charge is -2.50. The Morgan fingerprint density at radius 2 is 1.64 bits per heavy atom. The molecule has 2 aliphatic carbocycles. The summed E-state index contributed by atoms with van der Waals surface area (Å²) in [6.45, 7) is 0. The van der Waals surface area contributed by atoms with Crippen LogP contribution in [0.3, 0.4) is 0 Å². The number of aromatic nitrogens is 1. The highest BCUT2D eigenvalue weighted by atomic mass is 35.5. The zero-order valence-corrected chi connectivity index (χ0v) is 27.5. The Balaban J connectivity index is 1.45. The zero-order valence-electron chi connectivity index (χ0n) is 25.2. The summed E-state index contributed by atoms with van der Waals surface area (Å²) in [6.07, 6.45) is -2.85. The van der Waals surface area contributed by atoms with Crippen LogP contribution in [0.1, 0.15) is 35.4 Å². The quantitative estimate of drug-likeness (QED) is 0.222. The number of pyridine rings is 1. The van der Waals surface area contributed by atoms with Crippen molar-refractivity contribution in [3.05, 3.63) is 98.1 Å². The fourth-order valence-corrected chi connectivity index (χ4v) is 8.62. The number of fused-ring (bicyclic) bond motifs is 4. The van der Waals surface area contributed by atoms with Crippen LogP contribution in [0, 0.1) is 23.7 Å². The van der Waals surface area contributed by atoms with Crippen LogP contribution < -0.4 is 11.2 Å². The Morgan fingerprint density at radius 1 is 0.960 bits per heavy atom. The Kier molecular flexibility index (Phi) is 7.92. The molecular formula is C33H23Cl3F3N5O6. The maximum atomic E-state index is 15.1. The Labute approximate surface area is 295 Å². The summed E-state index contributed by atoms with van der Waals surface area (Å²) in [5.41, 5.74) is 5.68. The summed E-state index contributed by atoms with van der Waals surface area (Å²) < 4.78 is 40.1. The number of amides is 6. The van der Waals surface area contributed by atoms with Gasteiger partial charge in [0, 0.05) is 27.7 Å². The smallest absolute Gasteiger partial charge is 0.417 e. The van der Waals surface area contributed by atoms with Crippen LogP contribution >= 0.6 is 34.8 Å². The average molecular weight is 749 g/mol. The molecule has 11 nitrogen and oxygen atoms in total.